The molecule has 5 heteroatoms. The van der Waals surface area contributed by atoms with Gasteiger partial charge in [-0.15, -0.1) is 0 Å². The van der Waals surface area contributed by atoms with Gasteiger partial charge in [0.2, 0.25) is 0 Å². The fraction of sp³-hybridized carbons (Fsp3) is 0.364. The molecule has 88 valence electrons. The van der Waals surface area contributed by atoms with Crippen molar-refractivity contribution in [1.82, 2.24) is 10.2 Å². The van der Waals surface area contributed by atoms with Crippen LogP contribution in [0.4, 0.5) is 9.18 Å². The zero-order chi connectivity index (χ0) is 12.1. The molecule has 0 unspecified atom stereocenters. The highest BCUT2D eigenvalue weighted by molar-refractivity contribution is 6.30. The van der Waals surface area contributed by atoms with Crippen molar-refractivity contribution >= 4 is 17.6 Å². The number of rotatable bonds is 3. The van der Waals surface area contributed by atoms with E-state index in [1.54, 1.807) is 18.0 Å². The summed E-state index contributed by atoms with van der Waals surface area (Å²) < 4.78 is 12.9. The molecule has 0 aliphatic heterocycles. The van der Waals surface area contributed by atoms with E-state index < -0.39 is 5.82 Å². The van der Waals surface area contributed by atoms with Crippen LogP contribution in [-0.4, -0.2) is 24.5 Å². The van der Waals surface area contributed by atoms with Gasteiger partial charge in [-0.2, -0.15) is 0 Å². The molecule has 1 aromatic carbocycles. The van der Waals surface area contributed by atoms with E-state index in [2.05, 4.69) is 5.32 Å². The summed E-state index contributed by atoms with van der Waals surface area (Å²) in [5.74, 6) is -0.456. The Balaban J connectivity index is 2.55. The summed E-state index contributed by atoms with van der Waals surface area (Å²) in [6.07, 6.45) is 0. The molecular weight excluding hydrogens is 231 g/mol. The maximum Gasteiger partial charge on any atom is 0.317 e. The molecule has 1 aromatic rings. The van der Waals surface area contributed by atoms with Gasteiger partial charge in [0.25, 0.3) is 0 Å². The highest BCUT2D eigenvalue weighted by Crippen LogP contribution is 2.15. The number of halogens is 2. The van der Waals surface area contributed by atoms with E-state index in [4.69, 9.17) is 11.6 Å². The van der Waals surface area contributed by atoms with Crippen molar-refractivity contribution in [3.05, 3.63) is 34.6 Å². The maximum atomic E-state index is 12.9. The highest BCUT2D eigenvalue weighted by Gasteiger charge is 2.06. The van der Waals surface area contributed by atoms with E-state index in [1.165, 1.54) is 12.1 Å². The third kappa shape index (κ3) is 3.38. The summed E-state index contributed by atoms with van der Waals surface area (Å²) in [5, 5.41) is 2.77. The molecule has 0 atom stereocenters. The molecule has 1 rings (SSSR count). The fourth-order valence-corrected chi connectivity index (χ4v) is 1.31. The minimum absolute atomic E-state index is 0.0654. The number of benzene rings is 1. The van der Waals surface area contributed by atoms with Gasteiger partial charge in [0.15, 0.2) is 0 Å². The van der Waals surface area contributed by atoms with Gasteiger partial charge in [0.1, 0.15) is 5.82 Å². The van der Waals surface area contributed by atoms with Crippen LogP contribution < -0.4 is 5.32 Å². The second-order valence-electron chi connectivity index (χ2n) is 3.42. The lowest BCUT2D eigenvalue weighted by atomic mass is 10.2. The summed E-state index contributed by atoms with van der Waals surface area (Å²) in [6.45, 7) is 2.85. The lowest BCUT2D eigenvalue weighted by Crippen LogP contribution is -2.36. The van der Waals surface area contributed by atoms with Gasteiger partial charge >= 0.3 is 6.03 Å². The SMILES string of the molecule is CCN(C)C(=O)NCc1ccc(F)c(Cl)c1. The molecule has 0 heterocycles. The quantitative estimate of drug-likeness (QED) is 0.871. The third-order valence-corrected chi connectivity index (χ3v) is 2.54. The summed E-state index contributed by atoms with van der Waals surface area (Å²) >= 11 is 5.62. The van der Waals surface area contributed by atoms with Gasteiger partial charge in [-0.1, -0.05) is 17.7 Å². The highest BCUT2D eigenvalue weighted by atomic mass is 35.5. The normalized spacial score (nSPS) is 10.0. The predicted molar refractivity (Wildman–Crippen MR) is 61.9 cm³/mol. The summed E-state index contributed by atoms with van der Waals surface area (Å²) in [7, 11) is 1.70. The number of carbonyl (C=O) groups excluding carboxylic acids is 1. The molecule has 16 heavy (non-hydrogen) atoms. The van der Waals surface area contributed by atoms with Crippen LogP contribution in [0.5, 0.6) is 0 Å². The number of urea groups is 1. The molecule has 0 fully saturated rings. The largest absolute Gasteiger partial charge is 0.334 e. The van der Waals surface area contributed by atoms with Crippen molar-refractivity contribution in [3.63, 3.8) is 0 Å². The number of nitrogens with one attached hydrogen (secondary N) is 1. The Kier molecular flexibility index (Phi) is 4.55. The zero-order valence-electron chi connectivity index (χ0n) is 9.26. The molecule has 0 saturated carbocycles. The Morgan fingerprint density at radius 1 is 1.56 bits per heavy atom. The Morgan fingerprint density at radius 3 is 2.81 bits per heavy atom. The van der Waals surface area contributed by atoms with Gasteiger partial charge in [0.05, 0.1) is 5.02 Å². The summed E-state index contributed by atoms with van der Waals surface area (Å²) in [6, 6.07) is 4.21. The molecule has 0 aliphatic carbocycles. The number of amides is 2. The Hall–Kier alpha value is -1.29. The number of carbonyl (C=O) groups is 1. The molecule has 2 amide bonds. The third-order valence-electron chi connectivity index (χ3n) is 2.25. The first-order valence-corrected chi connectivity index (χ1v) is 5.35. The van der Waals surface area contributed by atoms with E-state index in [0.717, 1.165) is 5.56 Å². The summed E-state index contributed by atoms with van der Waals surface area (Å²) in [4.78, 5) is 13.0. The fourth-order valence-electron chi connectivity index (χ4n) is 1.11. The van der Waals surface area contributed by atoms with E-state index in [1.807, 2.05) is 6.92 Å². The van der Waals surface area contributed by atoms with Crippen LogP contribution >= 0.6 is 11.6 Å². The minimum Gasteiger partial charge on any atom is -0.334 e. The van der Waals surface area contributed by atoms with Crippen molar-refractivity contribution in [1.29, 1.82) is 0 Å². The van der Waals surface area contributed by atoms with Crippen LogP contribution in [0.3, 0.4) is 0 Å². The smallest absolute Gasteiger partial charge is 0.317 e. The van der Waals surface area contributed by atoms with Crippen LogP contribution in [0.15, 0.2) is 18.2 Å². The monoisotopic (exact) mass is 244 g/mol. The van der Waals surface area contributed by atoms with Gasteiger partial charge < -0.3 is 10.2 Å². The van der Waals surface area contributed by atoms with Gasteiger partial charge in [-0.05, 0) is 24.6 Å². The van der Waals surface area contributed by atoms with Crippen LogP contribution in [0.1, 0.15) is 12.5 Å². The average Bonchev–Trinajstić information content (AvgIpc) is 2.29. The van der Waals surface area contributed by atoms with Gasteiger partial charge in [-0.3, -0.25) is 0 Å². The first kappa shape index (κ1) is 12.8. The number of hydrogen-bond donors (Lipinski definition) is 1. The van der Waals surface area contributed by atoms with Crippen LogP contribution in [0.25, 0.3) is 0 Å². The Labute approximate surface area is 99.2 Å². The molecule has 1 N–H and O–H groups in total. The van der Waals surface area contributed by atoms with E-state index in [0.29, 0.717) is 13.1 Å². The van der Waals surface area contributed by atoms with Crippen molar-refractivity contribution in [2.75, 3.05) is 13.6 Å². The Morgan fingerprint density at radius 2 is 2.25 bits per heavy atom. The predicted octanol–water partition coefficient (Wildman–Crippen LogP) is 2.64. The first-order valence-electron chi connectivity index (χ1n) is 4.97. The van der Waals surface area contributed by atoms with Crippen molar-refractivity contribution in [2.24, 2.45) is 0 Å². The number of nitrogens with zero attached hydrogens (tertiary/aromatic N) is 1. The van der Waals surface area contributed by atoms with Crippen molar-refractivity contribution in [3.8, 4) is 0 Å². The van der Waals surface area contributed by atoms with E-state index in [-0.39, 0.29) is 11.1 Å². The molecule has 0 radical (unpaired) electrons. The van der Waals surface area contributed by atoms with Crippen LogP contribution in [0, 0.1) is 5.82 Å². The van der Waals surface area contributed by atoms with Crippen LogP contribution in [0.2, 0.25) is 5.02 Å². The molecule has 0 aliphatic rings. The van der Waals surface area contributed by atoms with E-state index in [9.17, 15) is 9.18 Å². The van der Waals surface area contributed by atoms with Crippen molar-refractivity contribution in [2.45, 2.75) is 13.5 Å². The van der Waals surface area contributed by atoms with Crippen LogP contribution in [-0.2, 0) is 6.54 Å². The second-order valence-corrected chi connectivity index (χ2v) is 3.83. The number of hydrogen-bond acceptors (Lipinski definition) is 1. The Bertz CT molecular complexity index is 384. The van der Waals surface area contributed by atoms with Gasteiger partial charge in [-0.25, -0.2) is 9.18 Å². The van der Waals surface area contributed by atoms with Crippen molar-refractivity contribution < 1.29 is 9.18 Å². The molecule has 0 aromatic heterocycles. The van der Waals surface area contributed by atoms with E-state index >= 15 is 0 Å². The second kappa shape index (κ2) is 5.70. The average molecular weight is 245 g/mol. The lowest BCUT2D eigenvalue weighted by Gasteiger charge is -2.15. The molecule has 0 bridgehead atoms. The lowest BCUT2D eigenvalue weighted by molar-refractivity contribution is 0.210. The minimum atomic E-state index is -0.456. The molecule has 0 spiro atoms. The summed E-state index contributed by atoms with van der Waals surface area (Å²) in [5.41, 5.74) is 0.768. The standard InChI is InChI=1S/C11H14ClFN2O/c1-3-15(2)11(16)14-7-8-4-5-10(13)9(12)6-8/h4-6H,3,7H2,1-2H3,(H,14,16). The molecular formula is C11H14ClFN2O. The molecule has 3 nitrogen and oxygen atoms in total. The topological polar surface area (TPSA) is 32.3 Å². The maximum absolute atomic E-state index is 12.9. The molecule has 0 saturated heterocycles. The van der Waals surface area contributed by atoms with Gasteiger partial charge in [0, 0.05) is 20.1 Å². The first-order chi connectivity index (χ1) is 7.54. The zero-order valence-corrected chi connectivity index (χ0v) is 10.0.